The molecule has 0 spiro atoms. The molecule has 5 N–H and O–H groups in total. The van der Waals surface area contributed by atoms with Gasteiger partial charge in [0.15, 0.2) is 23.0 Å². The number of nitrogens with one attached hydrogen (secondary N) is 3. The first-order valence-electron chi connectivity index (χ1n) is 12.7. The van der Waals surface area contributed by atoms with E-state index in [2.05, 4.69) is 30.8 Å². The Hall–Kier alpha value is -4.84. The quantitative estimate of drug-likeness (QED) is 0.204. The maximum absolute atomic E-state index is 15.2. The number of nitrogens with two attached hydrogens (primary N) is 1. The van der Waals surface area contributed by atoms with Crippen LogP contribution >= 0.6 is 0 Å². The van der Waals surface area contributed by atoms with Crippen molar-refractivity contribution in [1.82, 2.24) is 29.9 Å². The van der Waals surface area contributed by atoms with Gasteiger partial charge in [-0.2, -0.15) is 9.49 Å². The zero-order chi connectivity index (χ0) is 28.2. The van der Waals surface area contributed by atoms with Crippen LogP contribution in [0.15, 0.2) is 61.2 Å². The summed E-state index contributed by atoms with van der Waals surface area (Å²) in [5.41, 5.74) is 9.06. The Bertz CT molecular complexity index is 1650. The molecule has 1 atom stereocenters. The molecule has 0 fully saturated rings. The topological polar surface area (TPSA) is 135 Å². The number of halogens is 2. The Morgan fingerprint density at radius 3 is 2.77 bits per heavy atom. The van der Waals surface area contributed by atoms with Gasteiger partial charge in [-0.15, -0.1) is 0 Å². The lowest BCUT2D eigenvalue weighted by Crippen LogP contribution is -2.38. The summed E-state index contributed by atoms with van der Waals surface area (Å²) in [5, 5.41) is 12.7. The number of H-pyrrole nitrogens is 1. The minimum absolute atomic E-state index is 0.00621. The van der Waals surface area contributed by atoms with Gasteiger partial charge in [0.1, 0.15) is 6.61 Å². The Morgan fingerprint density at radius 2 is 2.02 bits per heavy atom. The molecular weight excluding hydrogens is 518 g/mol. The highest BCUT2D eigenvalue weighted by atomic mass is 19.2. The van der Waals surface area contributed by atoms with Crippen molar-refractivity contribution in [3.8, 4) is 17.0 Å². The molecule has 10 nitrogen and oxygen atoms in total. The van der Waals surface area contributed by atoms with Crippen LogP contribution in [0.1, 0.15) is 35.5 Å². The van der Waals surface area contributed by atoms with Gasteiger partial charge in [-0.3, -0.25) is 14.3 Å². The van der Waals surface area contributed by atoms with Crippen LogP contribution in [0.4, 0.5) is 20.3 Å². The molecule has 0 radical (unpaired) electrons. The number of imidazole rings is 1. The van der Waals surface area contributed by atoms with E-state index in [1.165, 1.54) is 24.5 Å². The zero-order valence-electron chi connectivity index (χ0n) is 21.9. The standard InChI is InChI=1S/C28H28F2N8O2/c1-3-17-12-18(4-5-20(17)28(39)35-16(2)13-31)36-26-27-33-14-22(38(27)11-10-32-26)21-6-7-23(25(30)24(21)29)40-15-19-8-9-34-37-19/h4-12,14,16H,3,13,15,31H2,1-2H3,(H,32,36)(H,34,37)(H,35,39)/t16-/m0/s1. The third kappa shape index (κ3) is 5.34. The van der Waals surface area contributed by atoms with E-state index in [9.17, 15) is 9.18 Å². The lowest BCUT2D eigenvalue weighted by Gasteiger charge is -2.15. The lowest BCUT2D eigenvalue weighted by molar-refractivity contribution is 0.0940. The molecule has 5 rings (SSSR count). The van der Waals surface area contributed by atoms with Gasteiger partial charge in [-0.25, -0.2) is 14.4 Å². The number of rotatable bonds is 10. The van der Waals surface area contributed by atoms with E-state index in [0.29, 0.717) is 47.1 Å². The third-order valence-corrected chi connectivity index (χ3v) is 6.41. The Morgan fingerprint density at radius 1 is 1.18 bits per heavy atom. The number of nitrogens with zero attached hydrogens (tertiary/aromatic N) is 4. The molecule has 12 heteroatoms. The molecule has 0 aliphatic rings. The van der Waals surface area contributed by atoms with E-state index < -0.39 is 11.6 Å². The molecule has 0 saturated heterocycles. The number of aromatic nitrogens is 5. The first kappa shape index (κ1) is 26.8. The number of fused-ring (bicyclic) bond motifs is 1. The number of ether oxygens (including phenoxy) is 1. The van der Waals surface area contributed by atoms with Crippen LogP contribution < -0.4 is 21.1 Å². The number of aromatic amines is 1. The van der Waals surface area contributed by atoms with Crippen molar-refractivity contribution in [3.05, 3.63) is 89.6 Å². The monoisotopic (exact) mass is 546 g/mol. The number of carbonyl (C=O) groups excluding carboxylic acids is 1. The minimum Gasteiger partial charge on any atom is -0.484 e. The Kier molecular flexibility index (Phi) is 7.69. The summed E-state index contributed by atoms with van der Waals surface area (Å²) in [6, 6.07) is 9.73. The van der Waals surface area contributed by atoms with Gasteiger partial charge in [-0.05, 0) is 55.3 Å². The average Bonchev–Trinajstić information content (AvgIpc) is 3.64. The van der Waals surface area contributed by atoms with Crippen molar-refractivity contribution in [3.63, 3.8) is 0 Å². The van der Waals surface area contributed by atoms with Gasteiger partial charge < -0.3 is 21.1 Å². The normalized spacial score (nSPS) is 11.9. The molecule has 1 amide bonds. The smallest absolute Gasteiger partial charge is 0.251 e. The number of hydrogen-bond acceptors (Lipinski definition) is 7. The highest BCUT2D eigenvalue weighted by Crippen LogP contribution is 2.32. The fourth-order valence-electron chi connectivity index (χ4n) is 4.25. The molecule has 40 heavy (non-hydrogen) atoms. The van der Waals surface area contributed by atoms with E-state index in [4.69, 9.17) is 10.5 Å². The molecule has 0 bridgehead atoms. The first-order chi connectivity index (χ1) is 19.4. The Balaban J connectivity index is 1.41. The molecule has 5 aromatic rings. The summed E-state index contributed by atoms with van der Waals surface area (Å²) in [6.07, 6.45) is 6.85. The molecule has 0 aliphatic carbocycles. The van der Waals surface area contributed by atoms with E-state index in [-0.39, 0.29) is 29.9 Å². The lowest BCUT2D eigenvalue weighted by atomic mass is 10.0. The van der Waals surface area contributed by atoms with Gasteiger partial charge in [0, 0.05) is 48.0 Å². The molecule has 2 aromatic carbocycles. The fraction of sp³-hybridized carbons (Fsp3) is 0.214. The van der Waals surface area contributed by atoms with E-state index >= 15 is 4.39 Å². The molecule has 0 aliphatic heterocycles. The van der Waals surface area contributed by atoms with Crippen LogP contribution in [-0.4, -0.2) is 43.1 Å². The minimum atomic E-state index is -1.10. The second-order valence-electron chi connectivity index (χ2n) is 9.17. The van der Waals surface area contributed by atoms with Crippen LogP contribution in [0.5, 0.6) is 5.75 Å². The van der Waals surface area contributed by atoms with Gasteiger partial charge in [0.05, 0.1) is 17.6 Å². The number of carbonyl (C=O) groups is 1. The van der Waals surface area contributed by atoms with Crippen LogP contribution in [0.25, 0.3) is 16.9 Å². The predicted octanol–water partition coefficient (Wildman–Crippen LogP) is 4.36. The second-order valence-corrected chi connectivity index (χ2v) is 9.17. The van der Waals surface area contributed by atoms with E-state index in [1.807, 2.05) is 19.9 Å². The summed E-state index contributed by atoms with van der Waals surface area (Å²) < 4.78 is 37.1. The van der Waals surface area contributed by atoms with Crippen LogP contribution in [0.2, 0.25) is 0 Å². The average molecular weight is 547 g/mol. The summed E-state index contributed by atoms with van der Waals surface area (Å²) in [5.74, 6) is -2.16. The zero-order valence-corrected chi connectivity index (χ0v) is 21.9. The number of amides is 1. The van der Waals surface area contributed by atoms with Crippen LogP contribution in [0, 0.1) is 11.6 Å². The number of anilines is 2. The van der Waals surface area contributed by atoms with Gasteiger partial charge in [0.25, 0.3) is 5.91 Å². The number of hydrogen-bond donors (Lipinski definition) is 4. The van der Waals surface area contributed by atoms with Crippen molar-refractivity contribution in [2.24, 2.45) is 5.73 Å². The van der Waals surface area contributed by atoms with E-state index in [1.54, 1.807) is 35.0 Å². The second kappa shape index (κ2) is 11.5. The summed E-state index contributed by atoms with van der Waals surface area (Å²) in [7, 11) is 0. The maximum Gasteiger partial charge on any atom is 0.251 e. The first-order valence-corrected chi connectivity index (χ1v) is 12.7. The van der Waals surface area contributed by atoms with Crippen molar-refractivity contribution >= 4 is 23.1 Å². The van der Waals surface area contributed by atoms with Crippen LogP contribution in [0.3, 0.4) is 0 Å². The number of benzene rings is 2. The Labute approximate surface area is 228 Å². The van der Waals surface area contributed by atoms with Gasteiger partial charge in [-0.1, -0.05) is 6.92 Å². The highest BCUT2D eigenvalue weighted by Gasteiger charge is 2.20. The van der Waals surface area contributed by atoms with Crippen molar-refractivity contribution in [1.29, 1.82) is 0 Å². The third-order valence-electron chi connectivity index (χ3n) is 6.41. The molecule has 3 heterocycles. The number of aryl methyl sites for hydroxylation is 1. The molecule has 0 unspecified atom stereocenters. The van der Waals surface area contributed by atoms with Gasteiger partial charge >= 0.3 is 0 Å². The molecule has 3 aromatic heterocycles. The van der Waals surface area contributed by atoms with Gasteiger partial charge in [0.2, 0.25) is 5.82 Å². The highest BCUT2D eigenvalue weighted by molar-refractivity contribution is 5.96. The SMILES string of the molecule is CCc1cc(Nc2nccn3c(-c4ccc(OCc5cc[nH]n5)c(F)c4F)cnc23)ccc1C(=O)N[C@@H](C)CN. The molecule has 206 valence electrons. The van der Waals surface area contributed by atoms with Crippen molar-refractivity contribution < 1.29 is 18.3 Å². The molecule has 0 saturated carbocycles. The predicted molar refractivity (Wildman–Crippen MR) is 146 cm³/mol. The maximum atomic E-state index is 15.2. The largest absolute Gasteiger partial charge is 0.484 e. The van der Waals surface area contributed by atoms with Crippen molar-refractivity contribution in [2.75, 3.05) is 11.9 Å². The molecular formula is C28H28F2N8O2. The van der Waals surface area contributed by atoms with E-state index in [0.717, 1.165) is 5.56 Å². The summed E-state index contributed by atoms with van der Waals surface area (Å²) in [6.45, 7) is 4.14. The fourth-order valence-corrected chi connectivity index (χ4v) is 4.25. The summed E-state index contributed by atoms with van der Waals surface area (Å²) >= 11 is 0. The van der Waals surface area contributed by atoms with Crippen molar-refractivity contribution in [2.45, 2.75) is 32.9 Å². The van der Waals surface area contributed by atoms with Crippen LogP contribution in [-0.2, 0) is 13.0 Å². The summed E-state index contributed by atoms with van der Waals surface area (Å²) in [4.78, 5) is 21.5.